The predicted molar refractivity (Wildman–Crippen MR) is 93.9 cm³/mol. The number of nitrogens with zero attached hydrogens (tertiary/aromatic N) is 1. The van der Waals surface area contributed by atoms with E-state index in [1.807, 2.05) is 12.1 Å². The average Bonchev–Trinajstić information content (AvgIpc) is 3.01. The van der Waals surface area contributed by atoms with E-state index in [-0.39, 0.29) is 17.4 Å². The number of hydrogen-bond acceptors (Lipinski definition) is 4. The van der Waals surface area contributed by atoms with E-state index in [1.54, 1.807) is 35.7 Å². The molecule has 2 aromatic carbocycles. The highest BCUT2D eigenvalue weighted by molar-refractivity contribution is 9.10. The lowest BCUT2D eigenvalue weighted by Gasteiger charge is -2.04. The summed E-state index contributed by atoms with van der Waals surface area (Å²) in [6.45, 7) is 0. The molecular weight excluding hydrogens is 381 g/mol. The lowest BCUT2D eigenvalue weighted by Crippen LogP contribution is -2.12. The van der Waals surface area contributed by atoms with Crippen LogP contribution in [0.1, 0.15) is 10.5 Å². The first-order valence-electron chi connectivity index (χ1n) is 6.66. The fraction of sp³-hybridized carbons (Fsp3) is 0. The molecule has 0 aliphatic rings. The van der Waals surface area contributed by atoms with E-state index in [2.05, 4.69) is 31.5 Å². The van der Waals surface area contributed by atoms with Crippen molar-refractivity contribution in [3.63, 3.8) is 0 Å². The van der Waals surface area contributed by atoms with E-state index < -0.39 is 0 Å². The normalized spacial score (nSPS) is 10.3. The van der Waals surface area contributed by atoms with Crippen LogP contribution in [0, 0.1) is 5.82 Å². The Morgan fingerprint density at radius 2 is 1.87 bits per heavy atom. The molecule has 3 rings (SSSR count). The number of anilines is 3. The topological polar surface area (TPSA) is 54.0 Å². The summed E-state index contributed by atoms with van der Waals surface area (Å²) in [6, 6.07) is 13.5. The third-order valence-electron chi connectivity index (χ3n) is 2.95. The van der Waals surface area contributed by atoms with Crippen LogP contribution in [-0.2, 0) is 0 Å². The van der Waals surface area contributed by atoms with Gasteiger partial charge in [0.2, 0.25) is 0 Å². The van der Waals surface area contributed by atoms with Crippen molar-refractivity contribution in [3.05, 3.63) is 69.9 Å². The Hall–Kier alpha value is -2.25. The highest BCUT2D eigenvalue weighted by atomic mass is 79.9. The number of aromatic nitrogens is 1. The van der Waals surface area contributed by atoms with Crippen LogP contribution in [0.5, 0.6) is 0 Å². The first-order valence-corrected chi connectivity index (χ1v) is 8.33. The van der Waals surface area contributed by atoms with E-state index in [1.165, 1.54) is 17.4 Å². The van der Waals surface area contributed by atoms with Crippen LogP contribution < -0.4 is 10.6 Å². The number of carbonyl (C=O) groups is 1. The second-order valence-corrected chi connectivity index (χ2v) is 6.38. The minimum Gasteiger partial charge on any atom is -0.329 e. The minimum atomic E-state index is -0.372. The van der Waals surface area contributed by atoms with E-state index in [0.29, 0.717) is 16.5 Å². The number of carbonyl (C=O) groups excluding carboxylic acids is 1. The zero-order valence-corrected chi connectivity index (χ0v) is 14.1. The fourth-order valence-electron chi connectivity index (χ4n) is 1.84. The third-order valence-corrected chi connectivity index (χ3v) is 4.24. The van der Waals surface area contributed by atoms with Gasteiger partial charge in [0.1, 0.15) is 11.5 Å². The fourth-order valence-corrected chi connectivity index (χ4v) is 2.81. The number of thiazole rings is 1. The van der Waals surface area contributed by atoms with Gasteiger partial charge in [-0.1, -0.05) is 28.1 Å². The van der Waals surface area contributed by atoms with Crippen molar-refractivity contribution in [2.45, 2.75) is 0 Å². The van der Waals surface area contributed by atoms with Crippen LogP contribution >= 0.6 is 27.3 Å². The molecule has 2 N–H and O–H groups in total. The molecule has 0 aliphatic carbocycles. The highest BCUT2D eigenvalue weighted by Crippen LogP contribution is 2.23. The Kier molecular flexibility index (Phi) is 4.68. The van der Waals surface area contributed by atoms with Crippen molar-refractivity contribution >= 4 is 49.7 Å². The summed E-state index contributed by atoms with van der Waals surface area (Å²) in [5.74, 6) is -0.686. The lowest BCUT2D eigenvalue weighted by molar-refractivity contribution is 0.102. The van der Waals surface area contributed by atoms with Crippen LogP contribution in [0.25, 0.3) is 0 Å². The van der Waals surface area contributed by atoms with Crippen LogP contribution in [0.3, 0.4) is 0 Å². The molecule has 0 fully saturated rings. The monoisotopic (exact) mass is 391 g/mol. The number of para-hydroxylation sites is 1. The van der Waals surface area contributed by atoms with Gasteiger partial charge in [0.15, 0.2) is 5.13 Å². The largest absolute Gasteiger partial charge is 0.329 e. The molecule has 0 bridgehead atoms. The van der Waals surface area contributed by atoms with Crippen molar-refractivity contribution in [2.24, 2.45) is 0 Å². The maximum Gasteiger partial charge on any atom is 0.275 e. The van der Waals surface area contributed by atoms with Crippen molar-refractivity contribution in [1.29, 1.82) is 0 Å². The Balaban J connectivity index is 1.70. The maximum atomic E-state index is 13.6. The Morgan fingerprint density at radius 1 is 1.13 bits per heavy atom. The zero-order valence-electron chi connectivity index (χ0n) is 11.7. The third kappa shape index (κ3) is 3.94. The molecule has 0 unspecified atom stereocenters. The Bertz CT molecular complexity index is 835. The van der Waals surface area contributed by atoms with Gasteiger partial charge in [-0.3, -0.25) is 4.79 Å². The van der Waals surface area contributed by atoms with Crippen LogP contribution in [0.2, 0.25) is 0 Å². The first-order chi connectivity index (χ1) is 11.1. The van der Waals surface area contributed by atoms with Gasteiger partial charge in [0.25, 0.3) is 5.91 Å². The second kappa shape index (κ2) is 6.89. The molecule has 0 atom stereocenters. The van der Waals surface area contributed by atoms with Gasteiger partial charge in [-0.2, -0.15) is 0 Å². The molecule has 0 aliphatic heterocycles. The molecule has 23 heavy (non-hydrogen) atoms. The number of amides is 1. The molecular formula is C16H11BrFN3OS. The summed E-state index contributed by atoms with van der Waals surface area (Å²) in [6.07, 6.45) is 0. The molecule has 0 radical (unpaired) electrons. The number of hydrogen-bond donors (Lipinski definition) is 2. The summed E-state index contributed by atoms with van der Waals surface area (Å²) >= 11 is 4.57. The van der Waals surface area contributed by atoms with Crippen molar-refractivity contribution in [1.82, 2.24) is 4.98 Å². The number of halogens is 2. The van der Waals surface area contributed by atoms with Crippen LogP contribution in [-0.4, -0.2) is 10.9 Å². The Morgan fingerprint density at radius 3 is 2.61 bits per heavy atom. The van der Waals surface area contributed by atoms with Crippen molar-refractivity contribution in [3.8, 4) is 0 Å². The van der Waals surface area contributed by atoms with Gasteiger partial charge < -0.3 is 10.6 Å². The standard InChI is InChI=1S/C16H11BrFN3OS/c17-10-5-7-11(8-6-10)19-15(22)14-9-23-16(21-14)20-13-4-2-1-3-12(13)18/h1-9H,(H,19,22)(H,20,21). The molecule has 0 saturated carbocycles. The van der Waals surface area contributed by atoms with E-state index in [0.717, 1.165) is 4.47 Å². The minimum absolute atomic E-state index is 0.275. The quantitative estimate of drug-likeness (QED) is 0.654. The van der Waals surface area contributed by atoms with E-state index >= 15 is 0 Å². The molecule has 0 saturated heterocycles. The molecule has 1 aromatic heterocycles. The molecule has 1 heterocycles. The van der Waals surface area contributed by atoms with Crippen LogP contribution in [0.4, 0.5) is 20.9 Å². The number of nitrogens with one attached hydrogen (secondary N) is 2. The Labute approximate surface area is 144 Å². The van der Waals surface area contributed by atoms with Gasteiger partial charge >= 0.3 is 0 Å². The summed E-state index contributed by atoms with van der Waals surface area (Å²) in [5, 5.41) is 7.70. The highest BCUT2D eigenvalue weighted by Gasteiger charge is 2.12. The average molecular weight is 392 g/mol. The van der Waals surface area contributed by atoms with Gasteiger partial charge in [-0.15, -0.1) is 11.3 Å². The summed E-state index contributed by atoms with van der Waals surface area (Å²) in [4.78, 5) is 16.3. The molecule has 116 valence electrons. The lowest BCUT2D eigenvalue weighted by atomic mass is 10.3. The van der Waals surface area contributed by atoms with E-state index in [9.17, 15) is 9.18 Å². The molecule has 1 amide bonds. The zero-order chi connectivity index (χ0) is 16.2. The SMILES string of the molecule is O=C(Nc1ccc(Br)cc1)c1csc(Nc2ccccc2F)n1. The van der Waals surface area contributed by atoms with Gasteiger partial charge in [-0.25, -0.2) is 9.37 Å². The summed E-state index contributed by atoms with van der Waals surface area (Å²) in [5.41, 5.74) is 1.27. The van der Waals surface area contributed by atoms with Crippen molar-refractivity contribution in [2.75, 3.05) is 10.6 Å². The molecule has 7 heteroatoms. The van der Waals surface area contributed by atoms with Gasteiger partial charge in [0, 0.05) is 15.5 Å². The summed E-state index contributed by atoms with van der Waals surface area (Å²) in [7, 11) is 0. The van der Waals surface area contributed by atoms with E-state index in [4.69, 9.17) is 0 Å². The predicted octanol–water partition coefficient (Wildman–Crippen LogP) is 5.04. The number of rotatable bonds is 4. The summed E-state index contributed by atoms with van der Waals surface area (Å²) < 4.78 is 14.5. The van der Waals surface area contributed by atoms with Crippen LogP contribution in [0.15, 0.2) is 58.4 Å². The number of benzene rings is 2. The molecule has 0 spiro atoms. The maximum absolute atomic E-state index is 13.6. The van der Waals surface area contributed by atoms with Crippen molar-refractivity contribution < 1.29 is 9.18 Å². The smallest absolute Gasteiger partial charge is 0.275 e. The molecule has 4 nitrogen and oxygen atoms in total. The first kappa shape index (κ1) is 15.6. The van der Waals surface area contributed by atoms with Gasteiger partial charge in [-0.05, 0) is 36.4 Å². The molecule has 3 aromatic rings. The second-order valence-electron chi connectivity index (χ2n) is 4.60. The van der Waals surface area contributed by atoms with Gasteiger partial charge in [0.05, 0.1) is 5.69 Å².